The molecule has 1 aromatic carbocycles. The van der Waals surface area contributed by atoms with Gasteiger partial charge in [0.2, 0.25) is 16.9 Å². The molecular weight excluding hydrogens is 392 g/mol. The highest BCUT2D eigenvalue weighted by Crippen LogP contribution is 2.36. The molecule has 29 heavy (non-hydrogen) atoms. The molecule has 8 nitrogen and oxygen atoms in total. The number of nitrogens with zero attached hydrogens (tertiary/aromatic N) is 3. The molecule has 3 rings (SSSR count). The first-order valence-corrected chi connectivity index (χ1v) is 10.4. The van der Waals surface area contributed by atoms with Crippen LogP contribution in [0.3, 0.4) is 0 Å². The smallest absolute Gasteiger partial charge is 0.231 e. The molecular formula is C20H26N4O4S. The van der Waals surface area contributed by atoms with Gasteiger partial charge in [-0.25, -0.2) is 0 Å². The third kappa shape index (κ3) is 4.67. The van der Waals surface area contributed by atoms with Gasteiger partial charge in [-0.15, -0.1) is 10.2 Å². The van der Waals surface area contributed by atoms with E-state index in [1.807, 2.05) is 0 Å². The Kier molecular flexibility index (Phi) is 6.68. The standard InChI is InChI=1S/C20H26N4O4S/c1-5-6-12(2)19-22-23-20(29-19)21-18(26)13-9-17(25)24(11-13)15-8-7-14(27-3)10-16(15)28-4/h7-8,10,12-13H,5-6,9,11H2,1-4H3,(H,21,23,26)/t12-,13-/m1/s1. The topological polar surface area (TPSA) is 93.7 Å². The number of methoxy groups -OCH3 is 2. The molecule has 0 saturated carbocycles. The first-order chi connectivity index (χ1) is 14.0. The molecule has 9 heteroatoms. The maximum absolute atomic E-state index is 12.7. The summed E-state index contributed by atoms with van der Waals surface area (Å²) in [5.74, 6) is 0.666. The molecule has 156 valence electrons. The Balaban J connectivity index is 1.68. The van der Waals surface area contributed by atoms with Crippen molar-refractivity contribution >= 4 is 34.0 Å². The molecule has 1 fully saturated rings. The predicted octanol–water partition coefficient (Wildman–Crippen LogP) is 3.45. The number of aromatic nitrogens is 2. The fourth-order valence-corrected chi connectivity index (χ4v) is 4.20. The Morgan fingerprint density at radius 3 is 2.83 bits per heavy atom. The first kappa shape index (κ1) is 21.0. The molecule has 2 aromatic rings. The summed E-state index contributed by atoms with van der Waals surface area (Å²) in [6.45, 7) is 4.51. The van der Waals surface area contributed by atoms with Crippen molar-refractivity contribution in [2.24, 2.45) is 5.92 Å². The van der Waals surface area contributed by atoms with E-state index >= 15 is 0 Å². The minimum absolute atomic E-state index is 0.122. The summed E-state index contributed by atoms with van der Waals surface area (Å²) in [7, 11) is 3.10. The summed E-state index contributed by atoms with van der Waals surface area (Å²) in [5.41, 5.74) is 0.625. The van der Waals surface area contributed by atoms with Crippen LogP contribution in [0.5, 0.6) is 11.5 Å². The van der Waals surface area contributed by atoms with Gasteiger partial charge in [-0.05, 0) is 18.6 Å². The van der Waals surface area contributed by atoms with Gasteiger partial charge in [0.1, 0.15) is 16.5 Å². The lowest BCUT2D eigenvalue weighted by Crippen LogP contribution is -2.28. The number of ether oxygens (including phenoxy) is 2. The summed E-state index contributed by atoms with van der Waals surface area (Å²) in [4.78, 5) is 26.8. The molecule has 2 amide bonds. The van der Waals surface area contributed by atoms with Gasteiger partial charge in [-0.3, -0.25) is 9.59 Å². The SMILES string of the molecule is CCC[C@@H](C)c1nnc(NC(=O)[C@@H]2CC(=O)N(c3ccc(OC)cc3OC)C2)s1. The predicted molar refractivity (Wildman–Crippen MR) is 112 cm³/mol. The van der Waals surface area contributed by atoms with E-state index in [0.29, 0.717) is 28.2 Å². The zero-order valence-electron chi connectivity index (χ0n) is 17.1. The van der Waals surface area contributed by atoms with E-state index in [1.54, 1.807) is 30.2 Å². The van der Waals surface area contributed by atoms with E-state index < -0.39 is 5.92 Å². The van der Waals surface area contributed by atoms with Gasteiger partial charge in [0.05, 0.1) is 25.8 Å². The van der Waals surface area contributed by atoms with Gasteiger partial charge in [0, 0.05) is 24.9 Å². The normalized spacial score (nSPS) is 17.3. The maximum Gasteiger partial charge on any atom is 0.231 e. The van der Waals surface area contributed by atoms with Crippen LogP contribution in [0.15, 0.2) is 18.2 Å². The van der Waals surface area contributed by atoms with E-state index in [2.05, 4.69) is 29.4 Å². The van der Waals surface area contributed by atoms with Crippen LogP contribution in [0.25, 0.3) is 0 Å². The van der Waals surface area contributed by atoms with Crippen molar-refractivity contribution < 1.29 is 19.1 Å². The van der Waals surface area contributed by atoms with Crippen molar-refractivity contribution in [3.63, 3.8) is 0 Å². The number of benzene rings is 1. The second-order valence-electron chi connectivity index (χ2n) is 7.07. The van der Waals surface area contributed by atoms with Crippen LogP contribution >= 0.6 is 11.3 Å². The maximum atomic E-state index is 12.7. The van der Waals surface area contributed by atoms with Crippen LogP contribution in [0.1, 0.15) is 44.0 Å². The Bertz CT molecular complexity index is 885. The van der Waals surface area contributed by atoms with E-state index in [9.17, 15) is 9.59 Å². The van der Waals surface area contributed by atoms with Gasteiger partial charge in [-0.1, -0.05) is 31.6 Å². The second-order valence-corrected chi connectivity index (χ2v) is 8.08. The summed E-state index contributed by atoms with van der Waals surface area (Å²) in [5, 5.41) is 12.5. The number of rotatable bonds is 8. The average molecular weight is 419 g/mol. The van der Waals surface area contributed by atoms with Gasteiger partial charge in [0.25, 0.3) is 0 Å². The quantitative estimate of drug-likeness (QED) is 0.706. The number of anilines is 2. The Morgan fingerprint density at radius 1 is 1.34 bits per heavy atom. The van der Waals surface area contributed by atoms with E-state index in [1.165, 1.54) is 18.4 Å². The Morgan fingerprint density at radius 2 is 2.14 bits per heavy atom. The molecule has 1 aliphatic rings. The molecule has 1 aromatic heterocycles. The van der Waals surface area contributed by atoms with Crippen molar-refractivity contribution in [1.82, 2.24) is 10.2 Å². The Labute approximate surface area is 174 Å². The Hall–Kier alpha value is -2.68. The number of carbonyl (C=O) groups excluding carboxylic acids is 2. The molecule has 0 spiro atoms. The molecule has 0 bridgehead atoms. The molecule has 0 radical (unpaired) electrons. The second kappa shape index (κ2) is 9.21. The fourth-order valence-electron chi connectivity index (χ4n) is 3.37. The highest BCUT2D eigenvalue weighted by atomic mass is 32.1. The van der Waals surface area contributed by atoms with Gasteiger partial charge < -0.3 is 19.7 Å². The van der Waals surface area contributed by atoms with Crippen molar-refractivity contribution in [2.75, 3.05) is 31.0 Å². The molecule has 2 atom stereocenters. The van der Waals surface area contributed by atoms with E-state index in [-0.39, 0.29) is 24.8 Å². The monoisotopic (exact) mass is 418 g/mol. The molecule has 2 heterocycles. The lowest BCUT2D eigenvalue weighted by atomic mass is 10.1. The van der Waals surface area contributed by atoms with Crippen LogP contribution in [0.4, 0.5) is 10.8 Å². The van der Waals surface area contributed by atoms with Gasteiger partial charge >= 0.3 is 0 Å². The molecule has 0 aliphatic carbocycles. The molecule has 1 aliphatic heterocycles. The van der Waals surface area contributed by atoms with Crippen LogP contribution in [-0.4, -0.2) is 42.8 Å². The molecule has 1 saturated heterocycles. The van der Waals surface area contributed by atoms with Crippen molar-refractivity contribution in [1.29, 1.82) is 0 Å². The van der Waals surface area contributed by atoms with Crippen molar-refractivity contribution in [3.8, 4) is 11.5 Å². The highest BCUT2D eigenvalue weighted by molar-refractivity contribution is 7.15. The van der Waals surface area contributed by atoms with Gasteiger partial charge in [0.15, 0.2) is 0 Å². The lowest BCUT2D eigenvalue weighted by molar-refractivity contribution is -0.122. The van der Waals surface area contributed by atoms with Crippen LogP contribution in [0, 0.1) is 5.92 Å². The fraction of sp³-hybridized carbons (Fsp3) is 0.500. The summed E-state index contributed by atoms with van der Waals surface area (Å²) in [6.07, 6.45) is 2.23. The van der Waals surface area contributed by atoms with Crippen molar-refractivity contribution in [3.05, 3.63) is 23.2 Å². The average Bonchev–Trinajstić information content (AvgIpc) is 3.34. The minimum Gasteiger partial charge on any atom is -0.497 e. The highest BCUT2D eigenvalue weighted by Gasteiger charge is 2.36. The zero-order chi connectivity index (χ0) is 21.0. The number of hydrogen-bond donors (Lipinski definition) is 1. The minimum atomic E-state index is -0.463. The van der Waals surface area contributed by atoms with Crippen LogP contribution < -0.4 is 19.7 Å². The number of nitrogens with one attached hydrogen (secondary N) is 1. The van der Waals surface area contributed by atoms with Crippen LogP contribution in [0.2, 0.25) is 0 Å². The lowest BCUT2D eigenvalue weighted by Gasteiger charge is -2.20. The third-order valence-electron chi connectivity index (χ3n) is 4.99. The van der Waals surface area contributed by atoms with Crippen LogP contribution in [-0.2, 0) is 9.59 Å². The van der Waals surface area contributed by atoms with Crippen molar-refractivity contribution in [2.45, 2.75) is 39.0 Å². The third-order valence-corrected chi connectivity index (χ3v) is 6.06. The van der Waals surface area contributed by atoms with Gasteiger partial charge in [-0.2, -0.15) is 0 Å². The number of carbonyl (C=O) groups is 2. The molecule has 0 unspecified atom stereocenters. The summed E-state index contributed by atoms with van der Waals surface area (Å²) < 4.78 is 10.6. The van der Waals surface area contributed by atoms with E-state index in [0.717, 1.165) is 17.8 Å². The molecule has 1 N–H and O–H groups in total. The number of amides is 2. The first-order valence-electron chi connectivity index (χ1n) is 9.63. The largest absolute Gasteiger partial charge is 0.497 e. The summed E-state index contributed by atoms with van der Waals surface area (Å²) >= 11 is 1.39. The van der Waals surface area contributed by atoms with E-state index in [4.69, 9.17) is 9.47 Å². The zero-order valence-corrected chi connectivity index (χ0v) is 17.9. The summed E-state index contributed by atoms with van der Waals surface area (Å²) in [6, 6.07) is 5.25. The number of hydrogen-bond acceptors (Lipinski definition) is 7.